The van der Waals surface area contributed by atoms with Crippen molar-refractivity contribution in [3.05, 3.63) is 0 Å². The van der Waals surface area contributed by atoms with E-state index in [0.29, 0.717) is 18.4 Å². The van der Waals surface area contributed by atoms with Crippen LogP contribution in [0.1, 0.15) is 51.9 Å². The second-order valence-electron chi connectivity index (χ2n) is 4.55. The molecule has 0 aliphatic heterocycles. The Labute approximate surface area is 101 Å². The van der Waals surface area contributed by atoms with Crippen LogP contribution in [0.15, 0.2) is 0 Å². The summed E-state index contributed by atoms with van der Waals surface area (Å²) in [5.41, 5.74) is 0. The number of carbonyl (C=O) groups excluding carboxylic acids is 1. The highest BCUT2D eigenvalue weighted by Crippen LogP contribution is 2.25. The van der Waals surface area contributed by atoms with Gasteiger partial charge in [0.15, 0.2) is 0 Å². The van der Waals surface area contributed by atoms with Gasteiger partial charge in [-0.25, -0.2) is 0 Å². The van der Waals surface area contributed by atoms with Crippen LogP contribution in [0.5, 0.6) is 0 Å². The van der Waals surface area contributed by atoms with Gasteiger partial charge in [-0.1, -0.05) is 41.6 Å². The van der Waals surface area contributed by atoms with Crippen LogP contribution in [0.3, 0.4) is 0 Å². The number of rotatable bonds is 4. The molecule has 1 amide bonds. The van der Waals surface area contributed by atoms with Crippen LogP contribution in [0.25, 0.3) is 0 Å². The third kappa shape index (κ3) is 5.01. The summed E-state index contributed by atoms with van der Waals surface area (Å²) < 4.78 is 0. The first-order valence-electron chi connectivity index (χ1n) is 6.09. The predicted molar refractivity (Wildman–Crippen MR) is 67.2 cm³/mol. The first-order chi connectivity index (χ1) is 7.24. The third-order valence-corrected chi connectivity index (χ3v) is 3.71. The number of hydrogen-bond acceptors (Lipinski definition) is 1. The van der Waals surface area contributed by atoms with Crippen molar-refractivity contribution >= 4 is 21.8 Å². The van der Waals surface area contributed by atoms with Gasteiger partial charge < -0.3 is 5.32 Å². The Bertz CT molecular complexity index is 188. The first-order valence-corrected chi connectivity index (χ1v) is 7.21. The number of alkyl halides is 1. The van der Waals surface area contributed by atoms with E-state index >= 15 is 0 Å². The molecule has 88 valence electrons. The minimum Gasteiger partial charge on any atom is -0.353 e. The lowest BCUT2D eigenvalue weighted by Crippen LogP contribution is -2.38. The van der Waals surface area contributed by atoms with E-state index in [-0.39, 0.29) is 5.91 Å². The topological polar surface area (TPSA) is 29.1 Å². The second-order valence-corrected chi connectivity index (χ2v) is 5.34. The van der Waals surface area contributed by atoms with Crippen LogP contribution in [-0.2, 0) is 4.79 Å². The van der Waals surface area contributed by atoms with E-state index < -0.39 is 0 Å². The van der Waals surface area contributed by atoms with Crippen molar-refractivity contribution in [2.75, 3.05) is 5.33 Å². The van der Waals surface area contributed by atoms with Crippen LogP contribution in [-0.4, -0.2) is 17.3 Å². The van der Waals surface area contributed by atoms with Crippen molar-refractivity contribution in [3.8, 4) is 0 Å². The Kier molecular flexibility index (Phi) is 6.30. The summed E-state index contributed by atoms with van der Waals surface area (Å²) in [4.78, 5) is 11.4. The Morgan fingerprint density at radius 3 is 2.47 bits per heavy atom. The van der Waals surface area contributed by atoms with E-state index in [2.05, 4.69) is 28.2 Å². The summed E-state index contributed by atoms with van der Waals surface area (Å²) in [5, 5.41) is 3.87. The first kappa shape index (κ1) is 13.0. The molecular formula is C12H22BrNO. The zero-order valence-electron chi connectivity index (χ0n) is 9.60. The molecule has 0 radical (unpaired) electrons. The fourth-order valence-corrected chi connectivity index (χ4v) is 2.70. The number of amides is 1. The fraction of sp³-hybridized carbons (Fsp3) is 0.917. The van der Waals surface area contributed by atoms with Gasteiger partial charge >= 0.3 is 0 Å². The van der Waals surface area contributed by atoms with Gasteiger partial charge in [-0.05, 0) is 25.7 Å². The summed E-state index contributed by atoms with van der Waals surface area (Å²) in [6.45, 7) is 2.15. The summed E-state index contributed by atoms with van der Waals surface area (Å²) in [6, 6.07) is 0.356. The number of halogens is 1. The predicted octanol–water partition coefficient (Wildman–Crippen LogP) is 3.25. The molecule has 3 heteroatoms. The quantitative estimate of drug-likeness (QED) is 0.620. The molecule has 1 aliphatic rings. The van der Waals surface area contributed by atoms with Crippen molar-refractivity contribution in [1.29, 1.82) is 0 Å². The van der Waals surface area contributed by atoms with Crippen molar-refractivity contribution in [2.24, 2.45) is 5.92 Å². The summed E-state index contributed by atoms with van der Waals surface area (Å²) in [6.07, 6.45) is 8.59. The van der Waals surface area contributed by atoms with Gasteiger partial charge in [-0.15, -0.1) is 0 Å². The van der Waals surface area contributed by atoms with Crippen LogP contribution >= 0.6 is 15.9 Å². The smallest absolute Gasteiger partial charge is 0.221 e. The standard InChI is InChI=1S/C12H22BrNO/c1-10(14-12(15)8-9-13)11-6-4-2-3-5-7-11/h10-11H,2-9H2,1H3,(H,14,15)/t10-/m1/s1. The molecule has 1 fully saturated rings. The highest BCUT2D eigenvalue weighted by atomic mass is 79.9. The summed E-state index contributed by atoms with van der Waals surface area (Å²) >= 11 is 3.29. The molecule has 0 aromatic rings. The third-order valence-electron chi connectivity index (χ3n) is 3.32. The van der Waals surface area contributed by atoms with Gasteiger partial charge in [-0.3, -0.25) is 4.79 Å². The second kappa shape index (κ2) is 7.26. The van der Waals surface area contributed by atoms with E-state index in [4.69, 9.17) is 0 Å². The highest BCUT2D eigenvalue weighted by molar-refractivity contribution is 9.09. The minimum atomic E-state index is 0.184. The Morgan fingerprint density at radius 1 is 1.33 bits per heavy atom. The van der Waals surface area contributed by atoms with Crippen molar-refractivity contribution in [2.45, 2.75) is 57.9 Å². The Balaban J connectivity index is 2.30. The van der Waals surface area contributed by atoms with E-state index in [1.165, 1.54) is 38.5 Å². The molecule has 1 atom stereocenters. The molecule has 0 unspecified atom stereocenters. The summed E-state index contributed by atoms with van der Waals surface area (Å²) in [7, 11) is 0. The van der Waals surface area contributed by atoms with E-state index in [0.717, 1.165) is 5.33 Å². The van der Waals surface area contributed by atoms with Crippen molar-refractivity contribution in [3.63, 3.8) is 0 Å². The van der Waals surface area contributed by atoms with Crippen LogP contribution < -0.4 is 5.32 Å². The van der Waals surface area contributed by atoms with Gasteiger partial charge in [0.25, 0.3) is 0 Å². The Morgan fingerprint density at radius 2 is 1.93 bits per heavy atom. The minimum absolute atomic E-state index is 0.184. The SMILES string of the molecule is C[C@@H](NC(=O)CCBr)C1CCCCCC1. The van der Waals surface area contributed by atoms with E-state index in [9.17, 15) is 4.79 Å². The van der Waals surface area contributed by atoms with E-state index in [1.54, 1.807) is 0 Å². The average molecular weight is 276 g/mol. The molecule has 1 aliphatic carbocycles. The lowest BCUT2D eigenvalue weighted by molar-refractivity contribution is -0.121. The molecule has 0 aromatic heterocycles. The van der Waals surface area contributed by atoms with Crippen molar-refractivity contribution in [1.82, 2.24) is 5.32 Å². The average Bonchev–Trinajstić information content (AvgIpc) is 2.45. The maximum atomic E-state index is 11.4. The monoisotopic (exact) mass is 275 g/mol. The molecule has 1 rings (SSSR count). The number of nitrogens with one attached hydrogen (secondary N) is 1. The van der Waals surface area contributed by atoms with Gasteiger partial charge in [0.2, 0.25) is 5.91 Å². The van der Waals surface area contributed by atoms with Gasteiger partial charge in [0.05, 0.1) is 0 Å². The largest absolute Gasteiger partial charge is 0.353 e. The normalized spacial score (nSPS) is 20.7. The van der Waals surface area contributed by atoms with Crippen LogP contribution in [0.4, 0.5) is 0 Å². The highest BCUT2D eigenvalue weighted by Gasteiger charge is 2.19. The number of carbonyl (C=O) groups is 1. The summed E-state index contributed by atoms with van der Waals surface area (Å²) in [5.74, 6) is 0.885. The van der Waals surface area contributed by atoms with Crippen molar-refractivity contribution < 1.29 is 4.79 Å². The molecule has 0 saturated heterocycles. The van der Waals surface area contributed by atoms with Crippen LogP contribution in [0.2, 0.25) is 0 Å². The van der Waals surface area contributed by atoms with Gasteiger partial charge in [0, 0.05) is 17.8 Å². The maximum Gasteiger partial charge on any atom is 0.221 e. The molecule has 0 bridgehead atoms. The molecule has 0 heterocycles. The Hall–Kier alpha value is -0.0500. The molecule has 1 N–H and O–H groups in total. The molecule has 0 spiro atoms. The lowest BCUT2D eigenvalue weighted by atomic mass is 9.93. The lowest BCUT2D eigenvalue weighted by Gasteiger charge is -2.23. The molecular weight excluding hydrogens is 254 g/mol. The zero-order valence-corrected chi connectivity index (χ0v) is 11.2. The fourth-order valence-electron chi connectivity index (χ4n) is 2.34. The number of hydrogen-bond donors (Lipinski definition) is 1. The molecule has 1 saturated carbocycles. The van der Waals surface area contributed by atoms with Gasteiger partial charge in [0.1, 0.15) is 0 Å². The molecule has 15 heavy (non-hydrogen) atoms. The van der Waals surface area contributed by atoms with Crippen LogP contribution in [0, 0.1) is 5.92 Å². The van der Waals surface area contributed by atoms with Gasteiger partial charge in [-0.2, -0.15) is 0 Å². The van der Waals surface area contributed by atoms with E-state index in [1.807, 2.05) is 0 Å². The molecule has 0 aromatic carbocycles. The zero-order chi connectivity index (χ0) is 11.1. The molecule has 2 nitrogen and oxygen atoms in total. The maximum absolute atomic E-state index is 11.4.